The SMILES string of the molecule is Nc1noc(-c2cc(Cl)sc2Cl)c1-c1c(Cl)cccc1Cl. The van der Waals surface area contributed by atoms with Gasteiger partial charge in [-0.15, -0.1) is 11.3 Å². The van der Waals surface area contributed by atoms with Gasteiger partial charge in [0.15, 0.2) is 11.6 Å². The summed E-state index contributed by atoms with van der Waals surface area (Å²) in [5, 5.41) is 4.67. The van der Waals surface area contributed by atoms with Gasteiger partial charge < -0.3 is 10.3 Å². The van der Waals surface area contributed by atoms with Crippen LogP contribution in [0.1, 0.15) is 0 Å². The van der Waals surface area contributed by atoms with E-state index >= 15 is 0 Å². The zero-order valence-electron chi connectivity index (χ0n) is 10.2. The van der Waals surface area contributed by atoms with Gasteiger partial charge in [0.2, 0.25) is 0 Å². The highest BCUT2D eigenvalue weighted by molar-refractivity contribution is 7.20. The van der Waals surface area contributed by atoms with Crippen LogP contribution in [0.15, 0.2) is 28.8 Å². The Balaban J connectivity index is 2.30. The maximum Gasteiger partial charge on any atom is 0.179 e. The van der Waals surface area contributed by atoms with Crippen LogP contribution >= 0.6 is 57.7 Å². The number of halogens is 4. The molecule has 1 aromatic carbocycles. The van der Waals surface area contributed by atoms with Crippen LogP contribution in [0.25, 0.3) is 22.5 Å². The highest BCUT2D eigenvalue weighted by atomic mass is 35.5. The van der Waals surface area contributed by atoms with E-state index in [2.05, 4.69) is 5.16 Å². The zero-order chi connectivity index (χ0) is 15.1. The molecule has 0 atom stereocenters. The molecule has 0 unspecified atom stereocenters. The molecule has 0 aliphatic carbocycles. The summed E-state index contributed by atoms with van der Waals surface area (Å²) in [6.45, 7) is 0. The number of hydrogen-bond acceptors (Lipinski definition) is 4. The van der Waals surface area contributed by atoms with E-state index in [-0.39, 0.29) is 5.82 Å². The van der Waals surface area contributed by atoms with Crippen molar-refractivity contribution in [1.82, 2.24) is 5.16 Å². The second-order valence-electron chi connectivity index (χ2n) is 4.11. The molecule has 3 rings (SSSR count). The fraction of sp³-hybridized carbons (Fsp3) is 0. The number of benzene rings is 1. The molecule has 2 heterocycles. The summed E-state index contributed by atoms with van der Waals surface area (Å²) >= 11 is 25.8. The Morgan fingerprint density at radius 2 is 1.71 bits per heavy atom. The van der Waals surface area contributed by atoms with Crippen LogP contribution in [0.4, 0.5) is 5.82 Å². The Morgan fingerprint density at radius 3 is 2.29 bits per heavy atom. The van der Waals surface area contributed by atoms with E-state index < -0.39 is 0 Å². The summed E-state index contributed by atoms with van der Waals surface area (Å²) in [6.07, 6.45) is 0. The average Bonchev–Trinajstić information content (AvgIpc) is 2.93. The number of nitrogens with two attached hydrogens (primary N) is 1. The molecule has 0 saturated heterocycles. The molecular weight excluding hydrogens is 374 g/mol. The normalized spacial score (nSPS) is 11.0. The first-order chi connectivity index (χ1) is 9.99. The summed E-state index contributed by atoms with van der Waals surface area (Å²) < 4.78 is 6.31. The molecule has 8 heteroatoms. The van der Waals surface area contributed by atoms with Gasteiger partial charge in [-0.2, -0.15) is 0 Å². The average molecular weight is 380 g/mol. The van der Waals surface area contributed by atoms with E-state index in [1.807, 2.05) is 0 Å². The fourth-order valence-electron chi connectivity index (χ4n) is 1.96. The standard InChI is InChI=1S/C13H6Cl4N2OS/c14-6-2-1-3-7(15)9(6)10-11(20-19-13(10)18)5-4-8(16)21-12(5)17/h1-4H,(H2,18,19). The van der Waals surface area contributed by atoms with Crippen molar-refractivity contribution in [2.75, 3.05) is 5.73 Å². The minimum atomic E-state index is 0.179. The number of anilines is 1. The first-order valence-electron chi connectivity index (χ1n) is 5.63. The second-order valence-corrected chi connectivity index (χ2v) is 7.21. The molecule has 0 aliphatic heterocycles. The lowest BCUT2D eigenvalue weighted by Gasteiger charge is -2.06. The molecule has 0 bridgehead atoms. The Kier molecular flexibility index (Phi) is 4.08. The van der Waals surface area contributed by atoms with E-state index in [4.69, 9.17) is 56.7 Å². The van der Waals surface area contributed by atoms with Crippen LogP contribution in [0.2, 0.25) is 18.7 Å². The molecule has 21 heavy (non-hydrogen) atoms. The first-order valence-corrected chi connectivity index (χ1v) is 7.96. The summed E-state index contributed by atoms with van der Waals surface area (Å²) in [5.41, 5.74) is 7.56. The summed E-state index contributed by atoms with van der Waals surface area (Å²) in [4.78, 5) is 0. The largest absolute Gasteiger partial charge is 0.380 e. The van der Waals surface area contributed by atoms with Crippen LogP contribution in [-0.2, 0) is 0 Å². The van der Waals surface area contributed by atoms with Crippen molar-refractivity contribution in [3.63, 3.8) is 0 Å². The van der Waals surface area contributed by atoms with Gasteiger partial charge in [-0.1, -0.05) is 57.6 Å². The van der Waals surface area contributed by atoms with E-state index in [0.717, 1.165) is 0 Å². The summed E-state index contributed by atoms with van der Waals surface area (Å²) in [7, 11) is 0. The fourth-order valence-corrected chi connectivity index (χ4v) is 4.00. The van der Waals surface area contributed by atoms with Gasteiger partial charge in [0, 0.05) is 5.56 Å². The second kappa shape index (κ2) is 5.71. The van der Waals surface area contributed by atoms with Crippen molar-refractivity contribution in [1.29, 1.82) is 0 Å². The van der Waals surface area contributed by atoms with Gasteiger partial charge in [-0.05, 0) is 18.2 Å². The molecule has 0 radical (unpaired) electrons. The van der Waals surface area contributed by atoms with Gasteiger partial charge in [0.1, 0.15) is 4.34 Å². The van der Waals surface area contributed by atoms with Crippen molar-refractivity contribution >= 4 is 63.6 Å². The number of nitrogens with zero attached hydrogens (tertiary/aromatic N) is 1. The summed E-state index contributed by atoms with van der Waals surface area (Å²) in [6, 6.07) is 6.84. The Morgan fingerprint density at radius 1 is 1.05 bits per heavy atom. The lowest BCUT2D eigenvalue weighted by atomic mass is 10.0. The number of aromatic nitrogens is 1. The minimum absolute atomic E-state index is 0.179. The van der Waals surface area contributed by atoms with E-state index in [0.29, 0.717) is 41.2 Å². The quantitative estimate of drug-likeness (QED) is 0.571. The third-order valence-corrected chi connectivity index (χ3v) is 4.95. The molecule has 0 spiro atoms. The van der Waals surface area contributed by atoms with Gasteiger partial charge in [-0.3, -0.25) is 0 Å². The maximum absolute atomic E-state index is 6.23. The van der Waals surface area contributed by atoms with Crippen LogP contribution in [0, 0.1) is 0 Å². The van der Waals surface area contributed by atoms with Crippen LogP contribution in [0.3, 0.4) is 0 Å². The number of hydrogen-bond donors (Lipinski definition) is 1. The van der Waals surface area contributed by atoms with Gasteiger partial charge in [0.25, 0.3) is 0 Å². The smallest absolute Gasteiger partial charge is 0.179 e. The van der Waals surface area contributed by atoms with E-state index in [9.17, 15) is 0 Å². The Hall–Kier alpha value is -0.910. The van der Waals surface area contributed by atoms with Crippen molar-refractivity contribution in [2.45, 2.75) is 0 Å². The van der Waals surface area contributed by atoms with Crippen LogP contribution < -0.4 is 5.73 Å². The number of thiophene rings is 1. The maximum atomic E-state index is 6.23. The molecule has 3 aromatic rings. The molecule has 2 N–H and O–H groups in total. The third kappa shape index (κ3) is 2.62. The Bertz CT molecular complexity index is 807. The highest BCUT2D eigenvalue weighted by Gasteiger charge is 2.24. The van der Waals surface area contributed by atoms with Gasteiger partial charge in [-0.25, -0.2) is 0 Å². The monoisotopic (exact) mass is 378 g/mol. The minimum Gasteiger partial charge on any atom is -0.380 e. The highest BCUT2D eigenvalue weighted by Crippen LogP contribution is 2.47. The molecule has 0 fully saturated rings. The predicted octanol–water partition coefficient (Wildman–Crippen LogP) is 6.27. The summed E-state index contributed by atoms with van der Waals surface area (Å²) in [5.74, 6) is 0.564. The molecule has 0 amide bonds. The van der Waals surface area contributed by atoms with Crippen LogP contribution in [0.5, 0.6) is 0 Å². The number of nitrogen functional groups attached to an aromatic ring is 1. The van der Waals surface area contributed by atoms with Gasteiger partial charge in [0.05, 0.1) is 25.5 Å². The molecule has 2 aromatic heterocycles. The topological polar surface area (TPSA) is 52.0 Å². The van der Waals surface area contributed by atoms with E-state index in [1.165, 1.54) is 11.3 Å². The van der Waals surface area contributed by atoms with Crippen molar-refractivity contribution < 1.29 is 4.52 Å². The van der Waals surface area contributed by atoms with Crippen molar-refractivity contribution in [3.8, 4) is 22.5 Å². The molecule has 0 saturated carbocycles. The van der Waals surface area contributed by atoms with Crippen LogP contribution in [-0.4, -0.2) is 5.16 Å². The lowest BCUT2D eigenvalue weighted by Crippen LogP contribution is -1.90. The zero-order valence-corrected chi connectivity index (χ0v) is 14.0. The predicted molar refractivity (Wildman–Crippen MR) is 89.7 cm³/mol. The Labute approximate surface area is 144 Å². The van der Waals surface area contributed by atoms with Gasteiger partial charge >= 0.3 is 0 Å². The lowest BCUT2D eigenvalue weighted by molar-refractivity contribution is 0.436. The van der Waals surface area contributed by atoms with E-state index in [1.54, 1.807) is 24.3 Å². The molecular formula is C13H6Cl4N2OS. The molecule has 0 aliphatic rings. The van der Waals surface area contributed by atoms with Crippen molar-refractivity contribution in [3.05, 3.63) is 43.0 Å². The first kappa shape index (κ1) is 15.0. The third-order valence-electron chi connectivity index (χ3n) is 2.83. The number of rotatable bonds is 2. The van der Waals surface area contributed by atoms with Crippen molar-refractivity contribution in [2.24, 2.45) is 0 Å². The molecule has 108 valence electrons. The molecule has 3 nitrogen and oxygen atoms in total.